The molecule has 150 valence electrons. The van der Waals surface area contributed by atoms with Crippen molar-refractivity contribution in [2.45, 2.75) is 51.0 Å². The molecule has 0 atom stereocenters. The molecule has 28 heavy (non-hydrogen) atoms. The van der Waals surface area contributed by atoms with Crippen LogP contribution in [-0.2, 0) is 6.42 Å². The van der Waals surface area contributed by atoms with E-state index in [4.69, 9.17) is 16.2 Å². The van der Waals surface area contributed by atoms with Crippen LogP contribution in [0.25, 0.3) is 0 Å². The number of aryl methyl sites for hydroxylation is 1. The Morgan fingerprint density at radius 3 is 2.68 bits per heavy atom. The normalized spacial score (nSPS) is 19.4. The summed E-state index contributed by atoms with van der Waals surface area (Å²) in [4.78, 5) is 21.3. The maximum atomic E-state index is 13.6. The predicted molar refractivity (Wildman–Crippen MR) is 106 cm³/mol. The van der Waals surface area contributed by atoms with Gasteiger partial charge < -0.3 is 16.2 Å². The zero-order valence-corrected chi connectivity index (χ0v) is 16.2. The number of carbonyl (C=O) groups is 1. The number of hydrogen-bond donors (Lipinski definition) is 2. The van der Waals surface area contributed by atoms with Crippen LogP contribution in [0.1, 0.15) is 60.3 Å². The van der Waals surface area contributed by atoms with Gasteiger partial charge >= 0.3 is 0 Å². The van der Waals surface area contributed by atoms with Crippen molar-refractivity contribution in [2.75, 3.05) is 12.8 Å². The molecule has 1 aromatic heterocycles. The number of aromatic nitrogens is 2. The quantitative estimate of drug-likeness (QED) is 0.708. The van der Waals surface area contributed by atoms with Gasteiger partial charge in [-0.3, -0.25) is 4.79 Å². The van der Waals surface area contributed by atoms with Gasteiger partial charge in [0.05, 0.1) is 18.2 Å². The minimum atomic E-state index is -0.524. The summed E-state index contributed by atoms with van der Waals surface area (Å²) in [7, 11) is 1.42. The molecule has 1 aliphatic carbocycles. The average Bonchev–Trinajstić information content (AvgIpc) is 2.69. The monoisotopic (exact) mass is 386 g/mol. The van der Waals surface area contributed by atoms with Crippen LogP contribution in [0.2, 0.25) is 0 Å². The zero-order valence-electron chi connectivity index (χ0n) is 16.2. The number of nitrogen functional groups attached to an aromatic ring is 1. The summed E-state index contributed by atoms with van der Waals surface area (Å²) in [5.41, 5.74) is 12.2. The van der Waals surface area contributed by atoms with E-state index < -0.39 is 11.6 Å². The highest BCUT2D eigenvalue weighted by molar-refractivity contribution is 6.13. The summed E-state index contributed by atoms with van der Waals surface area (Å²) in [6.45, 7) is 0. The molecule has 0 saturated heterocycles. The van der Waals surface area contributed by atoms with E-state index in [0.717, 1.165) is 37.7 Å². The number of rotatable bonds is 7. The van der Waals surface area contributed by atoms with Crippen LogP contribution >= 0.6 is 0 Å². The molecule has 0 aliphatic heterocycles. The number of carbonyl (C=O) groups excluding carboxylic acids is 1. The SMILES string of the molecule is COc1ccc(F)cc1C(=O)c1cnc(CCCC2CCC(N)CC2)nc1N. The molecule has 1 saturated carbocycles. The molecule has 0 unspecified atom stereocenters. The molecule has 2 aromatic rings. The fraction of sp³-hybridized carbons (Fsp3) is 0.476. The van der Waals surface area contributed by atoms with Gasteiger partial charge in [-0.05, 0) is 56.2 Å². The lowest BCUT2D eigenvalue weighted by Gasteiger charge is -2.25. The average molecular weight is 386 g/mol. The second kappa shape index (κ2) is 9.10. The van der Waals surface area contributed by atoms with Gasteiger partial charge in [-0.1, -0.05) is 6.42 Å². The fourth-order valence-corrected chi connectivity index (χ4v) is 3.76. The summed E-state index contributed by atoms with van der Waals surface area (Å²) >= 11 is 0. The largest absolute Gasteiger partial charge is 0.496 e. The second-order valence-electron chi connectivity index (χ2n) is 7.43. The van der Waals surface area contributed by atoms with Crippen molar-refractivity contribution in [2.24, 2.45) is 11.7 Å². The van der Waals surface area contributed by atoms with E-state index in [2.05, 4.69) is 9.97 Å². The summed E-state index contributed by atoms with van der Waals surface area (Å²) in [6, 6.07) is 4.14. The zero-order chi connectivity index (χ0) is 20.1. The van der Waals surface area contributed by atoms with Gasteiger partial charge in [0, 0.05) is 18.7 Å². The predicted octanol–water partition coefficient (Wildman–Crippen LogP) is 3.28. The Bertz CT molecular complexity index is 835. The third-order valence-corrected chi connectivity index (χ3v) is 5.42. The van der Waals surface area contributed by atoms with Crippen LogP contribution in [0.5, 0.6) is 5.75 Å². The highest BCUT2D eigenvalue weighted by Crippen LogP contribution is 2.28. The molecule has 1 heterocycles. The number of methoxy groups -OCH3 is 1. The van der Waals surface area contributed by atoms with Crippen LogP contribution in [0.3, 0.4) is 0 Å². The van der Waals surface area contributed by atoms with E-state index in [1.807, 2.05) is 0 Å². The highest BCUT2D eigenvalue weighted by Gasteiger charge is 2.20. The van der Waals surface area contributed by atoms with Crippen molar-refractivity contribution in [3.8, 4) is 5.75 Å². The Balaban J connectivity index is 1.64. The summed E-state index contributed by atoms with van der Waals surface area (Å²) in [6.07, 6.45) is 8.82. The van der Waals surface area contributed by atoms with Gasteiger partial charge in [0.15, 0.2) is 0 Å². The molecular weight excluding hydrogens is 359 g/mol. The van der Waals surface area contributed by atoms with Crippen molar-refractivity contribution >= 4 is 11.6 Å². The van der Waals surface area contributed by atoms with Gasteiger partial charge in [-0.15, -0.1) is 0 Å². The molecule has 1 fully saturated rings. The smallest absolute Gasteiger partial charge is 0.202 e. The maximum Gasteiger partial charge on any atom is 0.202 e. The summed E-state index contributed by atoms with van der Waals surface area (Å²) in [5.74, 6) is 0.737. The Kier molecular flexibility index (Phi) is 6.57. The molecule has 0 radical (unpaired) electrons. The van der Waals surface area contributed by atoms with E-state index >= 15 is 0 Å². The topological polar surface area (TPSA) is 104 Å². The van der Waals surface area contributed by atoms with Crippen LogP contribution in [0.15, 0.2) is 24.4 Å². The lowest BCUT2D eigenvalue weighted by atomic mass is 9.83. The molecule has 1 aromatic carbocycles. The minimum absolute atomic E-state index is 0.0982. The Morgan fingerprint density at radius 1 is 1.25 bits per heavy atom. The first-order chi connectivity index (χ1) is 13.5. The Hall–Kier alpha value is -2.54. The maximum absolute atomic E-state index is 13.6. The van der Waals surface area contributed by atoms with Gasteiger partial charge in [0.2, 0.25) is 5.78 Å². The molecule has 0 bridgehead atoms. The highest BCUT2D eigenvalue weighted by atomic mass is 19.1. The summed E-state index contributed by atoms with van der Waals surface area (Å²) < 4.78 is 18.7. The molecule has 6 nitrogen and oxygen atoms in total. The number of benzene rings is 1. The van der Waals surface area contributed by atoms with Crippen LogP contribution in [0.4, 0.5) is 10.2 Å². The fourth-order valence-electron chi connectivity index (χ4n) is 3.76. The van der Waals surface area contributed by atoms with E-state index in [9.17, 15) is 9.18 Å². The van der Waals surface area contributed by atoms with Gasteiger partial charge in [-0.2, -0.15) is 0 Å². The van der Waals surface area contributed by atoms with Gasteiger partial charge in [0.1, 0.15) is 23.2 Å². The third-order valence-electron chi connectivity index (χ3n) is 5.42. The van der Waals surface area contributed by atoms with Crippen LogP contribution in [0, 0.1) is 11.7 Å². The van der Waals surface area contributed by atoms with Crippen molar-refractivity contribution < 1.29 is 13.9 Å². The minimum Gasteiger partial charge on any atom is -0.496 e. The number of anilines is 1. The lowest BCUT2D eigenvalue weighted by molar-refractivity contribution is 0.103. The number of nitrogens with two attached hydrogens (primary N) is 2. The second-order valence-corrected chi connectivity index (χ2v) is 7.43. The first-order valence-corrected chi connectivity index (χ1v) is 9.73. The van der Waals surface area contributed by atoms with E-state index in [1.165, 1.54) is 38.3 Å². The molecule has 0 spiro atoms. The Labute approximate surface area is 164 Å². The number of ketones is 1. The third kappa shape index (κ3) is 4.84. The van der Waals surface area contributed by atoms with Crippen LogP contribution in [-0.4, -0.2) is 28.9 Å². The number of ether oxygens (including phenoxy) is 1. The van der Waals surface area contributed by atoms with E-state index in [0.29, 0.717) is 18.3 Å². The van der Waals surface area contributed by atoms with Gasteiger partial charge in [0.25, 0.3) is 0 Å². The molecule has 3 rings (SSSR count). The van der Waals surface area contributed by atoms with Gasteiger partial charge in [-0.25, -0.2) is 14.4 Å². The molecular formula is C21H27FN4O2. The van der Waals surface area contributed by atoms with Crippen molar-refractivity contribution in [1.29, 1.82) is 0 Å². The molecule has 1 aliphatic rings. The lowest BCUT2D eigenvalue weighted by Crippen LogP contribution is -2.26. The number of halogens is 1. The number of nitrogens with zero attached hydrogens (tertiary/aromatic N) is 2. The molecule has 4 N–H and O–H groups in total. The van der Waals surface area contributed by atoms with E-state index in [-0.39, 0.29) is 22.7 Å². The Morgan fingerprint density at radius 2 is 2.00 bits per heavy atom. The first kappa shape index (κ1) is 20.2. The van der Waals surface area contributed by atoms with E-state index in [1.54, 1.807) is 0 Å². The van der Waals surface area contributed by atoms with Crippen molar-refractivity contribution in [3.05, 3.63) is 47.2 Å². The summed E-state index contributed by atoms with van der Waals surface area (Å²) in [5, 5.41) is 0. The molecule has 7 heteroatoms. The molecule has 0 amide bonds. The first-order valence-electron chi connectivity index (χ1n) is 9.73. The van der Waals surface area contributed by atoms with Crippen molar-refractivity contribution in [1.82, 2.24) is 9.97 Å². The van der Waals surface area contributed by atoms with Crippen molar-refractivity contribution in [3.63, 3.8) is 0 Å². The number of hydrogen-bond acceptors (Lipinski definition) is 6. The van der Waals surface area contributed by atoms with Crippen LogP contribution < -0.4 is 16.2 Å². The standard InChI is InChI=1S/C21H27FN4O2/c1-28-18-10-7-14(22)11-16(18)20(27)17-12-25-19(26-21(17)24)4-2-3-13-5-8-15(23)9-6-13/h7,10-13,15H,2-6,8-9,23H2,1H3,(H2,24,25,26).